The summed E-state index contributed by atoms with van der Waals surface area (Å²) in [5.41, 5.74) is 1.11. The zero-order valence-corrected chi connectivity index (χ0v) is 11.6. The maximum Gasteiger partial charge on any atom is 0.274 e. The molecule has 0 aliphatic heterocycles. The highest BCUT2D eigenvalue weighted by atomic mass is 19.2. The van der Waals surface area contributed by atoms with E-state index >= 15 is 0 Å². The lowest BCUT2D eigenvalue weighted by Gasteiger charge is -2.18. The summed E-state index contributed by atoms with van der Waals surface area (Å²) < 4.78 is 27.0. The first kappa shape index (κ1) is 14.9. The van der Waals surface area contributed by atoms with Gasteiger partial charge in [-0.25, -0.2) is 8.78 Å². The van der Waals surface area contributed by atoms with E-state index in [0.29, 0.717) is 11.3 Å². The first-order chi connectivity index (χ1) is 9.91. The topological polar surface area (TPSA) is 55.2 Å². The molecule has 1 unspecified atom stereocenters. The Bertz CT molecular complexity index is 689. The van der Waals surface area contributed by atoms with E-state index < -0.39 is 22.6 Å². The van der Waals surface area contributed by atoms with Gasteiger partial charge in [-0.1, -0.05) is 18.2 Å². The van der Waals surface area contributed by atoms with Crippen molar-refractivity contribution in [3.63, 3.8) is 0 Å². The van der Waals surface area contributed by atoms with Crippen LogP contribution in [0.4, 0.5) is 20.2 Å². The van der Waals surface area contributed by atoms with Crippen LogP contribution in [0.2, 0.25) is 0 Å². The first-order valence-electron chi connectivity index (χ1n) is 6.36. The predicted octanol–water partition coefficient (Wildman–Crippen LogP) is 4.35. The van der Waals surface area contributed by atoms with Crippen molar-refractivity contribution < 1.29 is 13.7 Å². The molecule has 6 heteroatoms. The van der Waals surface area contributed by atoms with Gasteiger partial charge >= 0.3 is 0 Å². The summed E-state index contributed by atoms with van der Waals surface area (Å²) in [7, 11) is 0. The van der Waals surface area contributed by atoms with Gasteiger partial charge in [0.05, 0.1) is 11.0 Å². The van der Waals surface area contributed by atoms with E-state index in [1.54, 1.807) is 26.0 Å². The second kappa shape index (κ2) is 5.87. The van der Waals surface area contributed by atoms with Gasteiger partial charge in [-0.05, 0) is 26.0 Å². The highest BCUT2D eigenvalue weighted by Gasteiger charge is 2.17. The lowest BCUT2D eigenvalue weighted by atomic mass is 10.1. The molecule has 0 heterocycles. The summed E-state index contributed by atoms with van der Waals surface area (Å²) >= 11 is 0. The van der Waals surface area contributed by atoms with Gasteiger partial charge in [-0.2, -0.15) is 0 Å². The van der Waals surface area contributed by atoms with Crippen LogP contribution >= 0.6 is 0 Å². The van der Waals surface area contributed by atoms with Crippen molar-refractivity contribution in [1.82, 2.24) is 0 Å². The Hall–Kier alpha value is -2.50. The van der Waals surface area contributed by atoms with Crippen LogP contribution in [0.5, 0.6) is 0 Å². The summed E-state index contributed by atoms with van der Waals surface area (Å²) in [5, 5.41) is 13.9. The molecule has 0 fully saturated rings. The molecule has 2 rings (SSSR count). The average Bonchev–Trinajstić information content (AvgIpc) is 2.43. The van der Waals surface area contributed by atoms with Crippen molar-refractivity contribution >= 4 is 11.4 Å². The Morgan fingerprint density at radius 1 is 1.19 bits per heavy atom. The Kier molecular flexibility index (Phi) is 4.16. The molecule has 0 aliphatic carbocycles. The van der Waals surface area contributed by atoms with Gasteiger partial charge in [0.15, 0.2) is 11.6 Å². The molecule has 0 radical (unpaired) electrons. The normalized spacial score (nSPS) is 12.0. The van der Waals surface area contributed by atoms with Gasteiger partial charge in [0, 0.05) is 22.9 Å². The fourth-order valence-corrected chi connectivity index (χ4v) is 2.14. The average molecular weight is 292 g/mol. The predicted molar refractivity (Wildman–Crippen MR) is 76.2 cm³/mol. The maximum absolute atomic E-state index is 13.7. The summed E-state index contributed by atoms with van der Waals surface area (Å²) in [6.45, 7) is 3.27. The maximum atomic E-state index is 13.7. The number of nitro benzene ring substituents is 1. The Morgan fingerprint density at radius 2 is 1.86 bits per heavy atom. The quantitative estimate of drug-likeness (QED) is 0.673. The third kappa shape index (κ3) is 2.99. The van der Waals surface area contributed by atoms with Crippen molar-refractivity contribution in [1.29, 1.82) is 0 Å². The summed E-state index contributed by atoms with van der Waals surface area (Å²) in [4.78, 5) is 10.4. The van der Waals surface area contributed by atoms with E-state index in [-0.39, 0.29) is 11.3 Å². The second-order valence-corrected chi connectivity index (χ2v) is 4.72. The van der Waals surface area contributed by atoms with Crippen LogP contribution in [0, 0.1) is 28.7 Å². The van der Waals surface area contributed by atoms with E-state index in [4.69, 9.17) is 0 Å². The highest BCUT2D eigenvalue weighted by molar-refractivity contribution is 5.60. The minimum Gasteiger partial charge on any atom is -0.378 e. The number of halogens is 2. The molecule has 2 aromatic rings. The van der Waals surface area contributed by atoms with Gasteiger partial charge < -0.3 is 5.32 Å². The summed E-state index contributed by atoms with van der Waals surface area (Å²) in [6.07, 6.45) is 0. The van der Waals surface area contributed by atoms with Crippen LogP contribution in [0.15, 0.2) is 36.4 Å². The zero-order chi connectivity index (χ0) is 15.6. The van der Waals surface area contributed by atoms with Gasteiger partial charge in [0.2, 0.25) is 0 Å². The molecule has 0 amide bonds. The fraction of sp³-hybridized carbons (Fsp3) is 0.200. The molecule has 21 heavy (non-hydrogen) atoms. The van der Waals surface area contributed by atoms with Crippen LogP contribution < -0.4 is 5.32 Å². The van der Waals surface area contributed by atoms with Crippen molar-refractivity contribution in [2.45, 2.75) is 19.9 Å². The molecule has 0 aliphatic rings. The minimum atomic E-state index is -0.920. The van der Waals surface area contributed by atoms with Gasteiger partial charge in [-0.15, -0.1) is 0 Å². The van der Waals surface area contributed by atoms with E-state index in [1.807, 2.05) is 0 Å². The Morgan fingerprint density at radius 3 is 2.52 bits per heavy atom. The van der Waals surface area contributed by atoms with Gasteiger partial charge in [-0.3, -0.25) is 10.1 Å². The number of nitrogens with one attached hydrogen (secondary N) is 1. The lowest BCUT2D eigenvalue weighted by molar-refractivity contribution is -0.385. The van der Waals surface area contributed by atoms with E-state index in [2.05, 4.69) is 5.32 Å². The molecule has 110 valence electrons. The van der Waals surface area contributed by atoms with Crippen LogP contribution in [0.25, 0.3) is 0 Å². The molecular formula is C15H14F2N2O2. The molecule has 2 aromatic carbocycles. The fourth-order valence-electron chi connectivity index (χ4n) is 2.14. The number of hydrogen-bond donors (Lipinski definition) is 1. The Labute approximate surface area is 120 Å². The van der Waals surface area contributed by atoms with Crippen LogP contribution in [0.3, 0.4) is 0 Å². The van der Waals surface area contributed by atoms with Crippen LogP contribution in [-0.4, -0.2) is 4.92 Å². The van der Waals surface area contributed by atoms with Crippen molar-refractivity contribution in [2.75, 3.05) is 5.32 Å². The second-order valence-electron chi connectivity index (χ2n) is 4.72. The summed E-state index contributed by atoms with van der Waals surface area (Å²) in [5.74, 6) is -1.84. The van der Waals surface area contributed by atoms with Crippen molar-refractivity contribution in [2.24, 2.45) is 0 Å². The first-order valence-corrected chi connectivity index (χ1v) is 6.36. The molecular weight excluding hydrogens is 278 g/mol. The van der Waals surface area contributed by atoms with Crippen LogP contribution in [0.1, 0.15) is 24.1 Å². The number of rotatable bonds is 4. The lowest BCUT2D eigenvalue weighted by Crippen LogP contribution is -2.11. The number of nitrogens with zero attached hydrogens (tertiary/aromatic N) is 1. The summed E-state index contributed by atoms with van der Waals surface area (Å²) in [6, 6.07) is 8.02. The molecule has 0 bridgehead atoms. The molecule has 4 nitrogen and oxygen atoms in total. The molecule has 0 spiro atoms. The SMILES string of the molecule is Cc1c(NC(C)c2cccc(F)c2F)cccc1[N+](=O)[O-]. The van der Waals surface area contributed by atoms with Gasteiger partial charge in [0.1, 0.15) is 0 Å². The largest absolute Gasteiger partial charge is 0.378 e. The molecule has 0 saturated heterocycles. The van der Waals surface area contributed by atoms with E-state index in [1.165, 1.54) is 18.2 Å². The highest BCUT2D eigenvalue weighted by Crippen LogP contribution is 2.29. The zero-order valence-electron chi connectivity index (χ0n) is 11.6. The smallest absolute Gasteiger partial charge is 0.274 e. The standard InChI is InChI=1S/C15H14F2N2O2/c1-9-13(7-4-8-14(9)19(20)21)18-10(2)11-5-3-6-12(16)15(11)17/h3-8,10,18H,1-2H3. The third-order valence-corrected chi connectivity index (χ3v) is 3.32. The number of nitro groups is 1. The molecule has 0 saturated carbocycles. The third-order valence-electron chi connectivity index (χ3n) is 3.32. The molecule has 0 aromatic heterocycles. The van der Waals surface area contributed by atoms with Crippen LogP contribution in [-0.2, 0) is 0 Å². The number of anilines is 1. The Balaban J connectivity index is 2.32. The van der Waals surface area contributed by atoms with Gasteiger partial charge in [0.25, 0.3) is 5.69 Å². The molecule has 1 N–H and O–H groups in total. The monoisotopic (exact) mass is 292 g/mol. The molecule has 1 atom stereocenters. The van der Waals surface area contributed by atoms with Crippen molar-refractivity contribution in [3.05, 3.63) is 69.3 Å². The van der Waals surface area contributed by atoms with E-state index in [9.17, 15) is 18.9 Å². The number of benzene rings is 2. The van der Waals surface area contributed by atoms with E-state index in [0.717, 1.165) is 6.07 Å². The number of hydrogen-bond acceptors (Lipinski definition) is 3. The van der Waals surface area contributed by atoms with Crippen molar-refractivity contribution in [3.8, 4) is 0 Å². The minimum absolute atomic E-state index is 0.0214.